The van der Waals surface area contributed by atoms with Crippen LogP contribution in [0.1, 0.15) is 16.3 Å². The molecule has 9 heteroatoms. The minimum absolute atomic E-state index is 0.00680. The van der Waals surface area contributed by atoms with E-state index in [-0.39, 0.29) is 17.3 Å². The number of hydrogen-bond acceptors (Lipinski definition) is 7. The molecule has 0 saturated heterocycles. The first kappa shape index (κ1) is 12.6. The zero-order chi connectivity index (χ0) is 14.0. The second kappa shape index (κ2) is 4.80. The van der Waals surface area contributed by atoms with Crippen LogP contribution in [-0.2, 0) is 4.74 Å². The number of nitro groups is 1. The number of carbonyl (C=O) groups excluding carboxylic acids is 1. The lowest BCUT2D eigenvalue weighted by atomic mass is 10.3. The maximum Gasteiger partial charge on any atom is 0.377 e. The standard InChI is InChI=1S/C10H9N5O4/c1-6-3-4-7(15(17)18)9(12-6)14-5-11-8(13-14)10(16)19-2/h3-5H,1-2H3. The maximum atomic E-state index is 11.2. The van der Waals surface area contributed by atoms with Crippen LogP contribution in [0.3, 0.4) is 0 Å². The van der Waals surface area contributed by atoms with Crippen LogP contribution < -0.4 is 0 Å². The molecule has 19 heavy (non-hydrogen) atoms. The zero-order valence-corrected chi connectivity index (χ0v) is 10.1. The molecule has 0 amide bonds. The summed E-state index contributed by atoms with van der Waals surface area (Å²) in [5.41, 5.74) is 0.350. The molecular weight excluding hydrogens is 254 g/mol. The zero-order valence-electron chi connectivity index (χ0n) is 10.1. The highest BCUT2D eigenvalue weighted by Crippen LogP contribution is 2.19. The molecule has 0 radical (unpaired) electrons. The van der Waals surface area contributed by atoms with Crippen molar-refractivity contribution in [1.82, 2.24) is 19.7 Å². The Kier molecular flexibility index (Phi) is 3.19. The van der Waals surface area contributed by atoms with E-state index in [1.54, 1.807) is 6.92 Å². The predicted octanol–water partition coefficient (Wildman–Crippen LogP) is 0.666. The van der Waals surface area contributed by atoms with Crippen LogP contribution in [0.2, 0.25) is 0 Å². The second-order valence-corrected chi connectivity index (χ2v) is 3.56. The number of esters is 1. The molecule has 2 aromatic rings. The molecule has 2 aromatic heterocycles. The largest absolute Gasteiger partial charge is 0.463 e. The molecular formula is C10H9N5O4. The number of hydrogen-bond donors (Lipinski definition) is 0. The molecule has 0 spiro atoms. The number of aryl methyl sites for hydroxylation is 1. The Labute approximate surface area is 107 Å². The van der Waals surface area contributed by atoms with E-state index in [1.165, 1.54) is 25.6 Å². The summed E-state index contributed by atoms with van der Waals surface area (Å²) in [6.07, 6.45) is 1.17. The molecule has 0 aliphatic carbocycles. The van der Waals surface area contributed by atoms with E-state index in [0.29, 0.717) is 5.69 Å². The summed E-state index contributed by atoms with van der Waals surface area (Å²) < 4.78 is 5.52. The summed E-state index contributed by atoms with van der Waals surface area (Å²) in [5, 5.41) is 14.7. The van der Waals surface area contributed by atoms with Gasteiger partial charge in [-0.2, -0.15) is 4.68 Å². The average molecular weight is 263 g/mol. The topological polar surface area (TPSA) is 113 Å². The molecule has 2 heterocycles. The van der Waals surface area contributed by atoms with Crippen molar-refractivity contribution in [3.63, 3.8) is 0 Å². The lowest BCUT2D eigenvalue weighted by Gasteiger charge is -2.01. The normalized spacial score (nSPS) is 10.2. The van der Waals surface area contributed by atoms with Crippen molar-refractivity contribution in [3.05, 3.63) is 40.1 Å². The number of nitrogens with zero attached hydrogens (tertiary/aromatic N) is 5. The fourth-order valence-electron chi connectivity index (χ4n) is 1.40. The van der Waals surface area contributed by atoms with Gasteiger partial charge >= 0.3 is 11.7 Å². The summed E-state index contributed by atoms with van der Waals surface area (Å²) in [6, 6.07) is 2.83. The lowest BCUT2D eigenvalue weighted by Crippen LogP contribution is -2.07. The van der Waals surface area contributed by atoms with Crippen molar-refractivity contribution in [2.75, 3.05) is 7.11 Å². The van der Waals surface area contributed by atoms with E-state index in [0.717, 1.165) is 4.68 Å². The predicted molar refractivity (Wildman–Crippen MR) is 61.9 cm³/mol. The molecule has 0 N–H and O–H groups in total. The summed E-state index contributed by atoms with van der Waals surface area (Å²) in [4.78, 5) is 29.3. The van der Waals surface area contributed by atoms with Gasteiger partial charge in [-0.25, -0.2) is 14.8 Å². The third kappa shape index (κ3) is 2.39. The number of aromatic nitrogens is 4. The van der Waals surface area contributed by atoms with Crippen molar-refractivity contribution in [2.45, 2.75) is 6.92 Å². The van der Waals surface area contributed by atoms with Gasteiger partial charge in [0, 0.05) is 11.8 Å². The number of carbonyl (C=O) groups is 1. The van der Waals surface area contributed by atoms with Gasteiger partial charge in [-0.05, 0) is 13.0 Å². The van der Waals surface area contributed by atoms with Crippen molar-refractivity contribution < 1.29 is 14.5 Å². The molecule has 0 fully saturated rings. The second-order valence-electron chi connectivity index (χ2n) is 3.56. The van der Waals surface area contributed by atoms with Gasteiger partial charge in [-0.3, -0.25) is 10.1 Å². The highest BCUT2D eigenvalue weighted by Gasteiger charge is 2.20. The average Bonchev–Trinajstić information content (AvgIpc) is 2.86. The van der Waals surface area contributed by atoms with E-state index in [9.17, 15) is 14.9 Å². The Morgan fingerprint density at radius 2 is 2.21 bits per heavy atom. The quantitative estimate of drug-likeness (QED) is 0.454. The summed E-state index contributed by atoms with van der Waals surface area (Å²) >= 11 is 0. The minimum atomic E-state index is -0.728. The van der Waals surface area contributed by atoms with Gasteiger partial charge in [-0.15, -0.1) is 5.10 Å². The molecule has 9 nitrogen and oxygen atoms in total. The first-order valence-electron chi connectivity index (χ1n) is 5.15. The van der Waals surface area contributed by atoms with Crippen LogP contribution in [0.25, 0.3) is 5.82 Å². The first-order chi connectivity index (χ1) is 9.02. The smallest absolute Gasteiger partial charge is 0.377 e. The minimum Gasteiger partial charge on any atom is -0.463 e. The van der Waals surface area contributed by atoms with Gasteiger partial charge in [0.25, 0.3) is 5.82 Å². The van der Waals surface area contributed by atoms with E-state index in [4.69, 9.17) is 0 Å². The van der Waals surface area contributed by atoms with Crippen molar-refractivity contribution in [2.24, 2.45) is 0 Å². The van der Waals surface area contributed by atoms with Gasteiger partial charge in [0.1, 0.15) is 6.33 Å². The van der Waals surface area contributed by atoms with Gasteiger partial charge in [0.05, 0.1) is 12.0 Å². The lowest BCUT2D eigenvalue weighted by molar-refractivity contribution is -0.385. The molecule has 2 rings (SSSR count). The van der Waals surface area contributed by atoms with E-state index in [1.807, 2.05) is 0 Å². The SMILES string of the molecule is COC(=O)c1ncn(-c2nc(C)ccc2[N+](=O)[O-])n1. The molecule has 98 valence electrons. The fraction of sp³-hybridized carbons (Fsp3) is 0.200. The first-order valence-corrected chi connectivity index (χ1v) is 5.15. The Balaban J connectivity index is 2.52. The Bertz CT molecular complexity index is 651. The number of methoxy groups -OCH3 is 1. The molecule has 0 saturated carbocycles. The van der Waals surface area contributed by atoms with E-state index >= 15 is 0 Å². The number of ether oxygens (including phenoxy) is 1. The summed E-state index contributed by atoms with van der Waals surface area (Å²) in [6.45, 7) is 1.69. The third-order valence-corrected chi connectivity index (χ3v) is 2.27. The highest BCUT2D eigenvalue weighted by atomic mass is 16.6. The van der Waals surface area contributed by atoms with Crippen LogP contribution in [-0.4, -0.2) is 37.8 Å². The van der Waals surface area contributed by atoms with Gasteiger partial charge in [-0.1, -0.05) is 0 Å². The summed E-state index contributed by atoms with van der Waals surface area (Å²) in [7, 11) is 1.19. The fourth-order valence-corrected chi connectivity index (χ4v) is 1.40. The van der Waals surface area contributed by atoms with E-state index < -0.39 is 10.9 Å². The third-order valence-electron chi connectivity index (χ3n) is 2.27. The van der Waals surface area contributed by atoms with Gasteiger partial charge < -0.3 is 4.74 Å². The van der Waals surface area contributed by atoms with Crippen molar-refractivity contribution in [1.29, 1.82) is 0 Å². The Hall–Kier alpha value is -2.84. The number of rotatable bonds is 3. The van der Waals surface area contributed by atoms with Crippen molar-refractivity contribution >= 4 is 11.7 Å². The maximum absolute atomic E-state index is 11.2. The van der Waals surface area contributed by atoms with Gasteiger partial charge in [0.15, 0.2) is 0 Å². The highest BCUT2D eigenvalue weighted by molar-refractivity contribution is 5.84. The Morgan fingerprint density at radius 1 is 1.47 bits per heavy atom. The van der Waals surface area contributed by atoms with E-state index in [2.05, 4.69) is 19.8 Å². The Morgan fingerprint density at radius 3 is 2.84 bits per heavy atom. The molecule has 0 aromatic carbocycles. The summed E-state index contributed by atoms with van der Waals surface area (Å²) in [5.74, 6) is -0.929. The van der Waals surface area contributed by atoms with Crippen LogP contribution >= 0.6 is 0 Å². The monoisotopic (exact) mass is 263 g/mol. The molecule has 0 unspecified atom stereocenters. The van der Waals surface area contributed by atoms with Crippen molar-refractivity contribution in [3.8, 4) is 5.82 Å². The molecule has 0 aliphatic heterocycles. The van der Waals surface area contributed by atoms with Gasteiger partial charge in [0.2, 0.25) is 5.82 Å². The van der Waals surface area contributed by atoms with Crippen LogP contribution in [0.15, 0.2) is 18.5 Å². The number of pyridine rings is 1. The van der Waals surface area contributed by atoms with Crippen LogP contribution in [0.5, 0.6) is 0 Å². The van der Waals surface area contributed by atoms with Crippen LogP contribution in [0, 0.1) is 17.0 Å². The molecule has 0 aliphatic rings. The van der Waals surface area contributed by atoms with Crippen LogP contribution in [0.4, 0.5) is 5.69 Å². The molecule has 0 bridgehead atoms. The molecule has 0 atom stereocenters.